The van der Waals surface area contributed by atoms with Gasteiger partial charge in [0.15, 0.2) is 11.6 Å². The van der Waals surface area contributed by atoms with Crippen molar-refractivity contribution >= 4 is 22.9 Å². The number of rotatable bonds is 8. The molecule has 0 aliphatic heterocycles. The summed E-state index contributed by atoms with van der Waals surface area (Å²) in [5.74, 6) is 0.390. The van der Waals surface area contributed by atoms with Crippen LogP contribution in [0.15, 0.2) is 129 Å². The highest BCUT2D eigenvalue weighted by molar-refractivity contribution is 6.12. The third-order valence-electron chi connectivity index (χ3n) is 8.43. The van der Waals surface area contributed by atoms with Gasteiger partial charge in [0, 0.05) is 28.5 Å². The average molecular weight is 645 g/mol. The first kappa shape index (κ1) is 36.3. The summed E-state index contributed by atoms with van der Waals surface area (Å²) in [6.07, 6.45) is 12.3. The number of anilines is 1. The van der Waals surface area contributed by atoms with E-state index in [1.807, 2.05) is 68.6 Å². The van der Waals surface area contributed by atoms with Gasteiger partial charge in [0.25, 0.3) is 0 Å². The van der Waals surface area contributed by atoms with Crippen molar-refractivity contribution in [2.75, 3.05) is 5.43 Å². The molecule has 0 fully saturated rings. The lowest BCUT2D eigenvalue weighted by molar-refractivity contribution is -0.114. The lowest BCUT2D eigenvalue weighted by Gasteiger charge is -2.31. The molecule has 0 heterocycles. The normalized spacial score (nSPS) is 17.0. The van der Waals surface area contributed by atoms with Crippen LogP contribution in [-0.4, -0.2) is 11.6 Å². The van der Waals surface area contributed by atoms with Gasteiger partial charge in [0.05, 0.1) is 17.6 Å². The summed E-state index contributed by atoms with van der Waals surface area (Å²) < 4.78 is 0. The number of hydrogen-bond acceptors (Lipinski definition) is 6. The maximum atomic E-state index is 13.2. The van der Waals surface area contributed by atoms with Crippen molar-refractivity contribution in [3.05, 3.63) is 130 Å². The zero-order valence-corrected chi connectivity index (χ0v) is 30.6. The Balaban J connectivity index is 1.37. The zero-order valence-electron chi connectivity index (χ0n) is 30.6. The number of Topliss-reactive ketones (excluding diaryl/α,β-unsaturated/α-hetero) is 2. The van der Waals surface area contributed by atoms with E-state index in [1.54, 1.807) is 6.20 Å². The van der Waals surface area contributed by atoms with Crippen LogP contribution in [0.1, 0.15) is 87.3 Å². The van der Waals surface area contributed by atoms with E-state index in [2.05, 4.69) is 108 Å². The molecule has 6 nitrogen and oxygen atoms in total. The van der Waals surface area contributed by atoms with E-state index in [-0.39, 0.29) is 33.7 Å². The Morgan fingerprint density at radius 3 is 1.62 bits per heavy atom. The average Bonchev–Trinajstić information content (AvgIpc) is 2.98. The highest BCUT2D eigenvalue weighted by atomic mass is 16.1. The summed E-state index contributed by atoms with van der Waals surface area (Å²) in [7, 11) is 0. The van der Waals surface area contributed by atoms with Crippen LogP contribution in [-0.2, 0) is 16.0 Å². The number of nitrogens with one attached hydrogen (secondary N) is 2. The van der Waals surface area contributed by atoms with E-state index in [0.717, 1.165) is 51.2 Å². The molecule has 0 spiro atoms. The van der Waals surface area contributed by atoms with E-state index in [4.69, 9.17) is 0 Å². The molecule has 252 valence electrons. The standard InChI is InChI=1S/C42H52N4O2/c1-27(2)34-21-30(22-35(38(34)47)40(3,4)5)25-43-45-32-16-12-28(13-17-32)20-29-14-18-33(19-15-29)46-44-26-31-23-36(41(6,7)8)39(48)37(24-31)42(9,10)11/h12-19,21-27,44,46H,20H2,1-11H3/b30-25-,45-43+. The van der Waals surface area contributed by atoms with Gasteiger partial charge in [-0.1, -0.05) is 100 Å². The number of carbonyl (C=O) groups is 2. The maximum Gasteiger partial charge on any atom is 0.186 e. The predicted octanol–water partition coefficient (Wildman–Crippen LogP) is 10.7. The second kappa shape index (κ2) is 14.3. The number of carbonyl (C=O) groups excluding carboxylic acids is 2. The Kier molecular flexibility index (Phi) is 10.8. The van der Waals surface area contributed by atoms with Crippen molar-refractivity contribution in [2.45, 2.75) is 82.6 Å². The number of allylic oxidation sites excluding steroid dienone is 10. The van der Waals surface area contributed by atoms with Gasteiger partial charge in [-0.3, -0.25) is 9.59 Å². The number of benzene rings is 2. The number of hydrazine groups is 1. The molecule has 0 saturated heterocycles. The molecule has 2 aliphatic rings. The highest BCUT2D eigenvalue weighted by Gasteiger charge is 2.34. The van der Waals surface area contributed by atoms with E-state index in [9.17, 15) is 9.59 Å². The predicted molar refractivity (Wildman–Crippen MR) is 199 cm³/mol. The Morgan fingerprint density at radius 2 is 1.12 bits per heavy atom. The molecule has 0 bridgehead atoms. The number of ketones is 2. The lowest BCUT2D eigenvalue weighted by Crippen LogP contribution is -2.28. The molecule has 0 unspecified atom stereocenters. The summed E-state index contributed by atoms with van der Waals surface area (Å²) >= 11 is 0. The first-order chi connectivity index (χ1) is 22.3. The molecule has 4 rings (SSSR count). The minimum absolute atomic E-state index is 0.122. The van der Waals surface area contributed by atoms with Gasteiger partial charge in [-0.25, -0.2) is 0 Å². The van der Waals surface area contributed by atoms with Crippen LogP contribution in [0.3, 0.4) is 0 Å². The molecule has 0 amide bonds. The molecule has 2 aromatic carbocycles. The zero-order chi connectivity index (χ0) is 35.4. The van der Waals surface area contributed by atoms with E-state index in [0.29, 0.717) is 0 Å². The largest absolute Gasteiger partial charge is 0.308 e. The molecule has 0 saturated carbocycles. The van der Waals surface area contributed by atoms with Crippen LogP contribution in [0, 0.1) is 22.2 Å². The van der Waals surface area contributed by atoms with Gasteiger partial charge in [-0.05, 0) is 99.4 Å². The molecule has 48 heavy (non-hydrogen) atoms. The van der Waals surface area contributed by atoms with Gasteiger partial charge < -0.3 is 10.9 Å². The summed E-state index contributed by atoms with van der Waals surface area (Å²) in [5.41, 5.74) is 14.9. The van der Waals surface area contributed by atoms with E-state index >= 15 is 0 Å². The van der Waals surface area contributed by atoms with Crippen molar-refractivity contribution in [2.24, 2.45) is 32.4 Å². The van der Waals surface area contributed by atoms with Gasteiger partial charge in [0.1, 0.15) is 0 Å². The van der Waals surface area contributed by atoms with Crippen LogP contribution < -0.4 is 10.9 Å². The third kappa shape index (κ3) is 9.27. The minimum Gasteiger partial charge on any atom is -0.308 e. The molecule has 0 aromatic heterocycles. The monoisotopic (exact) mass is 644 g/mol. The molecule has 0 radical (unpaired) electrons. The fourth-order valence-corrected chi connectivity index (χ4v) is 5.57. The van der Waals surface area contributed by atoms with Gasteiger partial charge in [-0.15, -0.1) is 0 Å². The van der Waals surface area contributed by atoms with Crippen molar-refractivity contribution in [1.82, 2.24) is 5.43 Å². The van der Waals surface area contributed by atoms with Crippen LogP contribution in [0.4, 0.5) is 11.4 Å². The van der Waals surface area contributed by atoms with Crippen LogP contribution in [0.5, 0.6) is 0 Å². The van der Waals surface area contributed by atoms with Crippen LogP contribution in [0.25, 0.3) is 0 Å². The molecule has 6 heteroatoms. The molecule has 0 atom stereocenters. The van der Waals surface area contributed by atoms with Crippen molar-refractivity contribution < 1.29 is 9.59 Å². The summed E-state index contributed by atoms with van der Waals surface area (Å²) in [4.78, 5) is 26.2. The summed E-state index contributed by atoms with van der Waals surface area (Å²) in [6, 6.07) is 16.4. The molecular formula is C42H52N4O2. The molecule has 2 aromatic rings. The SMILES string of the molecule is CC(C)C1=C/C(=C/N=N/c2ccc(Cc3ccc(NNC=C4C=C(C(C)(C)C)C(=O)C(C(C)(C)C)=C4)cc3)cc2)C=C(C(C)(C)C)C1=O. The Labute approximate surface area is 287 Å². The number of nitrogens with zero attached hydrogens (tertiary/aromatic N) is 2. The third-order valence-corrected chi connectivity index (χ3v) is 8.43. The Morgan fingerprint density at radius 1 is 0.646 bits per heavy atom. The molecular weight excluding hydrogens is 592 g/mol. The first-order valence-electron chi connectivity index (χ1n) is 16.8. The van der Waals surface area contributed by atoms with Crippen molar-refractivity contribution in [3.63, 3.8) is 0 Å². The Hall–Kier alpha value is -4.58. The second-order valence-electron chi connectivity index (χ2n) is 16.1. The number of azo groups is 1. The quantitative estimate of drug-likeness (QED) is 0.221. The smallest absolute Gasteiger partial charge is 0.186 e. The topological polar surface area (TPSA) is 82.9 Å². The van der Waals surface area contributed by atoms with Crippen molar-refractivity contribution in [1.29, 1.82) is 0 Å². The number of hydrogen-bond donors (Lipinski definition) is 2. The molecule has 2 N–H and O–H groups in total. The maximum absolute atomic E-state index is 13.2. The fraction of sp³-hybridized carbons (Fsp3) is 0.381. The van der Waals surface area contributed by atoms with Gasteiger partial charge in [0.2, 0.25) is 0 Å². The van der Waals surface area contributed by atoms with E-state index < -0.39 is 0 Å². The second-order valence-corrected chi connectivity index (χ2v) is 16.1. The lowest BCUT2D eigenvalue weighted by atomic mass is 9.72. The van der Waals surface area contributed by atoms with Gasteiger partial charge >= 0.3 is 0 Å². The van der Waals surface area contributed by atoms with Gasteiger partial charge in [-0.2, -0.15) is 10.2 Å². The van der Waals surface area contributed by atoms with Crippen LogP contribution >= 0.6 is 0 Å². The fourth-order valence-electron chi connectivity index (χ4n) is 5.57. The summed E-state index contributed by atoms with van der Waals surface area (Å²) in [6.45, 7) is 22.7. The first-order valence-corrected chi connectivity index (χ1v) is 16.8. The minimum atomic E-state index is -0.246. The Bertz CT molecular complexity index is 1720. The molecule has 2 aliphatic carbocycles. The summed E-state index contributed by atoms with van der Waals surface area (Å²) in [5, 5.41) is 8.73. The van der Waals surface area contributed by atoms with E-state index in [1.165, 1.54) is 11.1 Å². The van der Waals surface area contributed by atoms with Crippen LogP contribution in [0.2, 0.25) is 0 Å². The van der Waals surface area contributed by atoms with Crippen molar-refractivity contribution in [3.8, 4) is 0 Å². The highest BCUT2D eigenvalue weighted by Crippen LogP contribution is 2.39.